The molecule has 1 unspecified atom stereocenters. The molecule has 1 fully saturated rings. The van der Waals surface area contributed by atoms with Crippen LogP contribution >= 0.6 is 11.3 Å². The van der Waals surface area contributed by atoms with Gasteiger partial charge in [0.25, 0.3) is 5.91 Å². The molecule has 136 valence electrons. The number of carbonyl (C=O) groups is 1. The van der Waals surface area contributed by atoms with Crippen LogP contribution in [0.1, 0.15) is 35.5 Å². The number of thiazole rings is 1. The Morgan fingerprint density at radius 3 is 2.50 bits per heavy atom. The largest absolute Gasteiger partial charge is 0.405 e. The fraction of sp³-hybridized carbons (Fsp3) is 0.733. The van der Waals surface area contributed by atoms with Gasteiger partial charge in [0.05, 0.1) is 11.2 Å². The van der Waals surface area contributed by atoms with Crippen LogP contribution in [0.25, 0.3) is 0 Å². The fourth-order valence-corrected chi connectivity index (χ4v) is 3.34. The number of nitrogens with one attached hydrogen (secondary N) is 2. The van der Waals surface area contributed by atoms with Crippen molar-refractivity contribution in [2.24, 2.45) is 0 Å². The van der Waals surface area contributed by atoms with Crippen LogP contribution in [0.4, 0.5) is 13.2 Å². The minimum Gasteiger partial charge on any atom is -0.349 e. The number of alkyl halides is 3. The summed E-state index contributed by atoms with van der Waals surface area (Å²) in [6.07, 6.45) is -2.96. The zero-order chi connectivity index (χ0) is 18.0. The van der Waals surface area contributed by atoms with E-state index in [9.17, 15) is 18.0 Å². The molecule has 2 rings (SSSR count). The van der Waals surface area contributed by atoms with Gasteiger partial charge in [-0.2, -0.15) is 13.2 Å². The molecule has 5 nitrogen and oxygen atoms in total. The molecule has 0 bridgehead atoms. The number of nitrogens with zero attached hydrogens (tertiary/aromatic N) is 2. The van der Waals surface area contributed by atoms with Crippen LogP contribution in [0.15, 0.2) is 6.20 Å². The zero-order valence-corrected chi connectivity index (χ0v) is 14.9. The van der Waals surface area contributed by atoms with E-state index in [1.165, 1.54) is 22.4 Å². The Hall–Kier alpha value is -1.19. The second-order valence-corrected chi connectivity index (χ2v) is 7.86. The number of aromatic nitrogens is 1. The van der Waals surface area contributed by atoms with Gasteiger partial charge in [0.2, 0.25) is 0 Å². The quantitative estimate of drug-likeness (QED) is 0.858. The van der Waals surface area contributed by atoms with Gasteiger partial charge < -0.3 is 10.6 Å². The summed E-state index contributed by atoms with van der Waals surface area (Å²) in [6.45, 7) is 7.12. The lowest BCUT2D eigenvalue weighted by atomic mass is 9.98. The van der Waals surface area contributed by atoms with Crippen molar-refractivity contribution >= 4 is 17.2 Å². The highest BCUT2D eigenvalue weighted by molar-refractivity contribution is 7.13. The highest BCUT2D eigenvalue weighted by Crippen LogP contribution is 2.27. The average Bonchev–Trinajstić information content (AvgIpc) is 2.97. The predicted octanol–water partition coefficient (Wildman–Crippen LogP) is 2.01. The Morgan fingerprint density at radius 2 is 2.00 bits per heavy atom. The monoisotopic (exact) mass is 364 g/mol. The molecule has 0 aromatic carbocycles. The summed E-state index contributed by atoms with van der Waals surface area (Å²) in [5.74, 6) is -0.507. The van der Waals surface area contributed by atoms with Crippen LogP contribution in [0.2, 0.25) is 0 Å². The molecule has 9 heteroatoms. The topological polar surface area (TPSA) is 57.3 Å². The van der Waals surface area contributed by atoms with E-state index in [2.05, 4.69) is 15.6 Å². The summed E-state index contributed by atoms with van der Waals surface area (Å²) >= 11 is 1.21. The Labute approximate surface area is 143 Å². The van der Waals surface area contributed by atoms with Gasteiger partial charge in [0.15, 0.2) is 0 Å². The van der Waals surface area contributed by atoms with E-state index >= 15 is 0 Å². The molecule has 2 N–H and O–H groups in total. The van der Waals surface area contributed by atoms with E-state index in [1.807, 2.05) is 20.8 Å². The Balaban J connectivity index is 2.00. The molecule has 1 saturated heterocycles. The minimum absolute atomic E-state index is 0.196. The maximum absolute atomic E-state index is 13.3. The highest BCUT2D eigenvalue weighted by Gasteiger charge is 2.43. The molecule has 0 spiro atoms. The smallest absolute Gasteiger partial charge is 0.349 e. The summed E-state index contributed by atoms with van der Waals surface area (Å²) < 4.78 is 39.9. The van der Waals surface area contributed by atoms with Crippen molar-refractivity contribution in [3.05, 3.63) is 16.1 Å². The van der Waals surface area contributed by atoms with Crippen LogP contribution in [-0.4, -0.2) is 60.7 Å². The molecule has 24 heavy (non-hydrogen) atoms. The minimum atomic E-state index is -4.38. The van der Waals surface area contributed by atoms with Crippen molar-refractivity contribution in [1.29, 1.82) is 0 Å². The SMILES string of the molecule is CC(C)(C)c1ncc(C(=O)NCC(N2CCNCC2)C(F)(F)F)s1. The van der Waals surface area contributed by atoms with Gasteiger partial charge in [0, 0.05) is 38.1 Å². The zero-order valence-electron chi connectivity index (χ0n) is 14.0. The molecule has 1 atom stereocenters. The van der Waals surface area contributed by atoms with Gasteiger partial charge in [-0.15, -0.1) is 11.3 Å². The van der Waals surface area contributed by atoms with Crippen LogP contribution in [-0.2, 0) is 5.41 Å². The van der Waals surface area contributed by atoms with Gasteiger partial charge >= 0.3 is 6.18 Å². The van der Waals surface area contributed by atoms with Gasteiger partial charge in [-0.25, -0.2) is 4.98 Å². The first-order valence-corrected chi connectivity index (χ1v) is 8.66. The van der Waals surface area contributed by atoms with Crippen molar-refractivity contribution in [3.63, 3.8) is 0 Å². The van der Waals surface area contributed by atoms with E-state index in [1.54, 1.807) is 0 Å². The Morgan fingerprint density at radius 1 is 1.38 bits per heavy atom. The maximum atomic E-state index is 13.3. The Kier molecular flexibility index (Phi) is 5.87. The average molecular weight is 364 g/mol. The van der Waals surface area contributed by atoms with Crippen LogP contribution in [0.5, 0.6) is 0 Å². The molecule has 0 aliphatic carbocycles. The number of carbonyl (C=O) groups excluding carboxylic acids is 1. The first-order chi connectivity index (χ1) is 11.1. The lowest BCUT2D eigenvalue weighted by Crippen LogP contribution is -2.57. The predicted molar refractivity (Wildman–Crippen MR) is 87.4 cm³/mol. The second kappa shape index (κ2) is 7.37. The normalized spacial score (nSPS) is 18.4. The molecular weight excluding hydrogens is 341 g/mol. The third-order valence-electron chi connectivity index (χ3n) is 3.80. The van der Waals surface area contributed by atoms with Crippen LogP contribution in [0, 0.1) is 0 Å². The van der Waals surface area contributed by atoms with E-state index in [-0.39, 0.29) is 5.41 Å². The second-order valence-electron chi connectivity index (χ2n) is 6.83. The molecule has 1 amide bonds. The van der Waals surface area contributed by atoms with Crippen molar-refractivity contribution in [2.75, 3.05) is 32.7 Å². The van der Waals surface area contributed by atoms with Crippen molar-refractivity contribution in [2.45, 2.75) is 38.4 Å². The van der Waals surface area contributed by atoms with Gasteiger partial charge in [0.1, 0.15) is 10.9 Å². The molecule has 1 aromatic heterocycles. The maximum Gasteiger partial charge on any atom is 0.405 e. The summed E-state index contributed by atoms with van der Waals surface area (Å²) in [7, 11) is 0. The lowest BCUT2D eigenvalue weighted by Gasteiger charge is -2.35. The Bertz CT molecular complexity index is 562. The standard InChI is InChI=1S/C15H23F3N4OS/c1-14(2,3)13-21-8-10(24-13)12(23)20-9-11(15(16,17)18)22-6-4-19-5-7-22/h8,11,19H,4-7,9H2,1-3H3,(H,20,23). The number of rotatable bonds is 4. The van der Waals surface area contributed by atoms with Gasteiger partial charge in [-0.1, -0.05) is 20.8 Å². The van der Waals surface area contributed by atoms with Crippen molar-refractivity contribution in [3.8, 4) is 0 Å². The summed E-state index contributed by atoms with van der Waals surface area (Å²) in [6, 6.07) is -1.67. The van der Waals surface area contributed by atoms with Gasteiger partial charge in [-0.05, 0) is 0 Å². The first-order valence-electron chi connectivity index (χ1n) is 7.85. The lowest BCUT2D eigenvalue weighted by molar-refractivity contribution is -0.183. The first kappa shape index (κ1) is 19.1. The van der Waals surface area contributed by atoms with E-state index in [0.29, 0.717) is 31.1 Å². The third-order valence-corrected chi connectivity index (χ3v) is 5.22. The molecule has 1 aliphatic heterocycles. The molecule has 1 aromatic rings. The van der Waals surface area contributed by atoms with E-state index < -0.39 is 24.7 Å². The van der Waals surface area contributed by atoms with Crippen LogP contribution < -0.4 is 10.6 Å². The van der Waals surface area contributed by atoms with Crippen molar-refractivity contribution in [1.82, 2.24) is 20.5 Å². The number of piperazine rings is 1. The highest BCUT2D eigenvalue weighted by atomic mass is 32.1. The molecule has 0 radical (unpaired) electrons. The number of hydrogen-bond donors (Lipinski definition) is 2. The van der Waals surface area contributed by atoms with E-state index in [0.717, 1.165) is 5.01 Å². The summed E-state index contributed by atoms with van der Waals surface area (Å²) in [5, 5.41) is 6.22. The van der Waals surface area contributed by atoms with Crippen molar-refractivity contribution < 1.29 is 18.0 Å². The molecule has 2 heterocycles. The summed E-state index contributed by atoms with van der Waals surface area (Å²) in [4.78, 5) is 18.1. The fourth-order valence-electron chi connectivity index (χ4n) is 2.45. The third kappa shape index (κ3) is 4.90. The molecular formula is C15H23F3N4OS. The van der Waals surface area contributed by atoms with Gasteiger partial charge in [-0.3, -0.25) is 9.69 Å². The molecule has 0 saturated carbocycles. The van der Waals surface area contributed by atoms with Crippen LogP contribution in [0.3, 0.4) is 0 Å². The number of halogens is 3. The number of hydrogen-bond acceptors (Lipinski definition) is 5. The molecule has 1 aliphatic rings. The van der Waals surface area contributed by atoms with E-state index in [4.69, 9.17) is 0 Å². The summed E-state index contributed by atoms with van der Waals surface area (Å²) in [5.41, 5.74) is -0.196. The number of amides is 1.